The minimum atomic E-state index is -0.749. The van der Waals surface area contributed by atoms with Crippen molar-refractivity contribution in [3.8, 4) is 22.8 Å². The number of halogens is 1. The highest BCUT2D eigenvalue weighted by Gasteiger charge is 2.39. The van der Waals surface area contributed by atoms with Crippen molar-refractivity contribution in [2.45, 2.75) is 77.0 Å². The average Bonchev–Trinajstić information content (AvgIpc) is 3.73. The molecule has 1 unspecified atom stereocenters. The minimum absolute atomic E-state index is 0.00219. The third kappa shape index (κ3) is 5.69. The van der Waals surface area contributed by atoms with Gasteiger partial charge in [0, 0.05) is 24.2 Å². The molecule has 3 aromatic rings. The van der Waals surface area contributed by atoms with Crippen LogP contribution in [-0.2, 0) is 17.8 Å². The Morgan fingerprint density at radius 1 is 1.15 bits per heavy atom. The number of carboxylic acids is 1. The molecule has 1 aromatic heterocycles. The standard InChI is InChI=1S/C34H39FN2O4/c1-20-5-4-14-37(20)19-26-15-24(10-12-27(26)28-17-32(40-3)36-18-29(28)35)30-13-11-22-6-9-25(16-31(22)41-30)33(23-7-8-23)21(2)34(38)39/h6,9-10,12,15-18,20-21,23,30,33H,4-5,7-8,11,13-14,19H2,1-3H3,(H,38,39)/t20-,21+,30?,33+/m1/s1. The van der Waals surface area contributed by atoms with E-state index in [0.29, 0.717) is 23.4 Å². The van der Waals surface area contributed by atoms with E-state index in [9.17, 15) is 9.90 Å². The van der Waals surface area contributed by atoms with E-state index in [1.54, 1.807) is 13.2 Å². The summed E-state index contributed by atoms with van der Waals surface area (Å²) in [6.45, 7) is 5.84. The fraction of sp³-hybridized carbons (Fsp3) is 0.471. The summed E-state index contributed by atoms with van der Waals surface area (Å²) in [5.74, 6) is 0.111. The van der Waals surface area contributed by atoms with Gasteiger partial charge in [0.2, 0.25) is 5.88 Å². The highest BCUT2D eigenvalue weighted by molar-refractivity contribution is 5.71. The van der Waals surface area contributed by atoms with Crippen LogP contribution in [0.2, 0.25) is 0 Å². The fourth-order valence-electron chi connectivity index (χ4n) is 6.80. The second-order valence-electron chi connectivity index (χ2n) is 12.1. The number of carboxylic acid groups (broad SMARTS) is 1. The molecule has 1 N–H and O–H groups in total. The molecule has 41 heavy (non-hydrogen) atoms. The summed E-state index contributed by atoms with van der Waals surface area (Å²) in [5, 5.41) is 9.75. The van der Waals surface area contributed by atoms with Gasteiger partial charge in [-0.25, -0.2) is 9.37 Å². The predicted octanol–water partition coefficient (Wildman–Crippen LogP) is 7.16. The van der Waals surface area contributed by atoms with Crippen LogP contribution in [0.15, 0.2) is 48.7 Å². The van der Waals surface area contributed by atoms with Crippen LogP contribution in [-0.4, -0.2) is 40.7 Å². The number of fused-ring (bicyclic) bond motifs is 1. The van der Waals surface area contributed by atoms with E-state index < -0.39 is 11.9 Å². The van der Waals surface area contributed by atoms with Crippen LogP contribution < -0.4 is 9.47 Å². The van der Waals surface area contributed by atoms with Crippen LogP contribution in [0, 0.1) is 17.7 Å². The molecule has 1 aliphatic carbocycles. The molecule has 0 bridgehead atoms. The molecule has 3 aliphatic rings. The number of nitrogens with zero attached hydrogens (tertiary/aromatic N) is 2. The van der Waals surface area contributed by atoms with Gasteiger partial charge in [0.25, 0.3) is 0 Å². The Balaban J connectivity index is 1.32. The van der Waals surface area contributed by atoms with Gasteiger partial charge in [-0.2, -0.15) is 0 Å². The van der Waals surface area contributed by atoms with E-state index in [4.69, 9.17) is 9.47 Å². The number of hydrogen-bond donors (Lipinski definition) is 1. The number of hydrogen-bond acceptors (Lipinski definition) is 5. The molecule has 0 amide bonds. The van der Waals surface area contributed by atoms with E-state index in [1.807, 2.05) is 13.0 Å². The Kier molecular flexibility index (Phi) is 7.73. The number of aliphatic carboxylic acids is 1. The number of aryl methyl sites for hydroxylation is 1. The summed E-state index contributed by atoms with van der Waals surface area (Å²) >= 11 is 0. The van der Waals surface area contributed by atoms with Crippen LogP contribution in [0.3, 0.4) is 0 Å². The summed E-state index contributed by atoms with van der Waals surface area (Å²) < 4.78 is 27.0. The molecule has 0 radical (unpaired) electrons. The van der Waals surface area contributed by atoms with Gasteiger partial charge in [-0.15, -0.1) is 0 Å². The minimum Gasteiger partial charge on any atom is -0.485 e. The topological polar surface area (TPSA) is 71.9 Å². The molecule has 1 saturated heterocycles. The van der Waals surface area contributed by atoms with Crippen molar-refractivity contribution in [1.29, 1.82) is 0 Å². The molecule has 7 heteroatoms. The third-order valence-corrected chi connectivity index (χ3v) is 9.37. The van der Waals surface area contributed by atoms with Crippen LogP contribution in [0.5, 0.6) is 11.6 Å². The first-order chi connectivity index (χ1) is 19.8. The lowest BCUT2D eigenvalue weighted by Gasteiger charge is -2.30. The highest BCUT2D eigenvalue weighted by Crippen LogP contribution is 2.48. The Labute approximate surface area is 241 Å². The second-order valence-corrected chi connectivity index (χ2v) is 12.1. The smallest absolute Gasteiger partial charge is 0.306 e. The molecular formula is C34H39FN2O4. The molecule has 6 nitrogen and oxygen atoms in total. The van der Waals surface area contributed by atoms with Crippen molar-refractivity contribution in [2.24, 2.45) is 11.8 Å². The first kappa shape index (κ1) is 27.7. The van der Waals surface area contributed by atoms with Gasteiger partial charge in [-0.1, -0.05) is 37.3 Å². The molecule has 2 aromatic carbocycles. The molecule has 6 rings (SSSR count). The van der Waals surface area contributed by atoms with E-state index in [2.05, 4.69) is 47.1 Å². The zero-order valence-electron chi connectivity index (χ0n) is 24.1. The quantitative estimate of drug-likeness (QED) is 0.300. The van der Waals surface area contributed by atoms with Crippen molar-refractivity contribution in [3.05, 3.63) is 76.7 Å². The Hall–Kier alpha value is -3.45. The largest absolute Gasteiger partial charge is 0.485 e. The monoisotopic (exact) mass is 558 g/mol. The summed E-state index contributed by atoms with van der Waals surface area (Å²) in [4.78, 5) is 18.4. The van der Waals surface area contributed by atoms with Gasteiger partial charge >= 0.3 is 5.97 Å². The van der Waals surface area contributed by atoms with Crippen LogP contribution in [0.4, 0.5) is 4.39 Å². The summed E-state index contributed by atoms with van der Waals surface area (Å²) in [6.07, 6.45) is 7.33. The van der Waals surface area contributed by atoms with Gasteiger partial charge in [-0.05, 0) is 97.7 Å². The third-order valence-electron chi connectivity index (χ3n) is 9.37. The Morgan fingerprint density at radius 2 is 1.98 bits per heavy atom. The van der Waals surface area contributed by atoms with Gasteiger partial charge in [0.15, 0.2) is 0 Å². The summed E-state index contributed by atoms with van der Waals surface area (Å²) in [5.41, 5.74) is 5.70. The average molecular weight is 559 g/mol. The van der Waals surface area contributed by atoms with Crippen molar-refractivity contribution >= 4 is 5.97 Å². The van der Waals surface area contributed by atoms with Crippen molar-refractivity contribution in [2.75, 3.05) is 13.7 Å². The van der Waals surface area contributed by atoms with Crippen molar-refractivity contribution < 1.29 is 23.8 Å². The number of likely N-dealkylation sites (tertiary alicyclic amines) is 1. The van der Waals surface area contributed by atoms with E-state index in [1.165, 1.54) is 19.0 Å². The Morgan fingerprint density at radius 3 is 2.68 bits per heavy atom. The zero-order valence-corrected chi connectivity index (χ0v) is 24.1. The number of rotatable bonds is 9. The molecule has 3 heterocycles. The number of ether oxygens (including phenoxy) is 2. The molecule has 2 fully saturated rings. The number of aromatic nitrogens is 1. The van der Waals surface area contributed by atoms with Gasteiger partial charge in [-0.3, -0.25) is 9.69 Å². The lowest BCUT2D eigenvalue weighted by molar-refractivity contribution is -0.142. The molecule has 1 saturated carbocycles. The van der Waals surface area contributed by atoms with Crippen LogP contribution >= 0.6 is 0 Å². The fourth-order valence-corrected chi connectivity index (χ4v) is 6.80. The lowest BCUT2D eigenvalue weighted by Crippen LogP contribution is -2.26. The first-order valence-electron chi connectivity index (χ1n) is 14.9. The van der Waals surface area contributed by atoms with Gasteiger partial charge in [0.1, 0.15) is 17.7 Å². The second kappa shape index (κ2) is 11.4. The van der Waals surface area contributed by atoms with Crippen LogP contribution in [0.1, 0.15) is 80.2 Å². The van der Waals surface area contributed by atoms with E-state index >= 15 is 4.39 Å². The normalized spacial score (nSPS) is 22.0. The lowest BCUT2D eigenvalue weighted by atomic mass is 9.82. The highest BCUT2D eigenvalue weighted by atomic mass is 19.1. The molecule has 216 valence electrons. The summed E-state index contributed by atoms with van der Waals surface area (Å²) in [6, 6.07) is 14.7. The number of pyridine rings is 1. The maximum Gasteiger partial charge on any atom is 0.306 e. The van der Waals surface area contributed by atoms with Crippen molar-refractivity contribution in [3.63, 3.8) is 0 Å². The molecule has 4 atom stereocenters. The maximum absolute atomic E-state index is 15.1. The van der Waals surface area contributed by atoms with Crippen molar-refractivity contribution in [1.82, 2.24) is 9.88 Å². The molecular weight excluding hydrogens is 519 g/mol. The number of carbonyl (C=O) groups is 1. The summed E-state index contributed by atoms with van der Waals surface area (Å²) in [7, 11) is 1.54. The SMILES string of the molecule is COc1cc(-c2ccc(C3CCc4ccc([C@H](C5CC5)[C@H](C)C(=O)O)cc4O3)cc2CN2CCC[C@H]2C)c(F)cn1. The van der Waals surface area contributed by atoms with Gasteiger partial charge in [0.05, 0.1) is 19.2 Å². The maximum atomic E-state index is 15.1. The van der Waals surface area contributed by atoms with Gasteiger partial charge < -0.3 is 14.6 Å². The Bertz CT molecular complexity index is 1440. The molecule has 0 spiro atoms. The molecule has 2 aliphatic heterocycles. The number of benzene rings is 2. The van der Waals surface area contributed by atoms with E-state index in [-0.39, 0.29) is 17.8 Å². The van der Waals surface area contributed by atoms with Crippen LogP contribution in [0.25, 0.3) is 11.1 Å². The number of methoxy groups -OCH3 is 1. The predicted molar refractivity (Wildman–Crippen MR) is 156 cm³/mol. The zero-order chi connectivity index (χ0) is 28.7. The first-order valence-corrected chi connectivity index (χ1v) is 14.9. The van der Waals surface area contributed by atoms with E-state index in [0.717, 1.165) is 72.3 Å².